The number of nitrogens with one attached hydrogen (secondary N) is 1. The van der Waals surface area contributed by atoms with Gasteiger partial charge in [0.15, 0.2) is 0 Å². The van der Waals surface area contributed by atoms with Gasteiger partial charge < -0.3 is 4.98 Å². The maximum absolute atomic E-state index is 4.80. The molecule has 4 heterocycles. The lowest BCUT2D eigenvalue weighted by molar-refractivity contribution is 0.946. The minimum absolute atomic E-state index is 0.914. The zero-order valence-electron chi connectivity index (χ0n) is 26.0. The molecule has 1 N–H and O–H groups in total. The summed E-state index contributed by atoms with van der Waals surface area (Å²) in [5.41, 5.74) is 14.4. The molecule has 4 aromatic carbocycles. The van der Waals surface area contributed by atoms with Crippen LogP contribution in [0, 0.1) is 0 Å². The predicted molar refractivity (Wildman–Crippen MR) is 197 cm³/mol. The van der Waals surface area contributed by atoms with Crippen LogP contribution in [0.25, 0.3) is 77.3 Å². The van der Waals surface area contributed by atoms with Crippen molar-refractivity contribution in [1.82, 2.24) is 19.5 Å². The Labute approximate surface area is 272 Å². The van der Waals surface area contributed by atoms with E-state index in [-0.39, 0.29) is 0 Å². The van der Waals surface area contributed by atoms with E-state index in [1.54, 1.807) is 7.05 Å². The first-order chi connectivity index (χ1) is 23.2. The van der Waals surface area contributed by atoms with Gasteiger partial charge in [-0.3, -0.25) is 14.5 Å². The summed E-state index contributed by atoms with van der Waals surface area (Å²) in [6.45, 7) is 3.90. The number of rotatable bonds is 5. The van der Waals surface area contributed by atoms with Gasteiger partial charge in [-0.25, -0.2) is 4.98 Å². The maximum Gasteiger partial charge on any atom is 0.137 e. The standard InChI is InChI=1S/C42H31N5/c1-3-7-30(24-43-2)26-12-14-38-34(18-26)35-20-28-10-11-29-21-37-36-19-27(31-8-6-16-44-25-31)13-15-40(36)47(42-9-4-5-17-45-42)41(37)23-33(29)32(28)22-39(35)46-38/h3-9,12-25,46H,1,10-11H2,2H3/b30-7+,43-24?. The molecule has 5 nitrogen and oxygen atoms in total. The Morgan fingerprint density at radius 2 is 1.60 bits per heavy atom. The van der Waals surface area contributed by atoms with Gasteiger partial charge in [0.1, 0.15) is 5.82 Å². The number of aromatic amines is 1. The summed E-state index contributed by atoms with van der Waals surface area (Å²) in [7, 11) is 1.80. The van der Waals surface area contributed by atoms with Gasteiger partial charge in [0.05, 0.1) is 11.0 Å². The van der Waals surface area contributed by atoms with Gasteiger partial charge in [-0.2, -0.15) is 0 Å². The number of benzene rings is 4. The highest BCUT2D eigenvalue weighted by Crippen LogP contribution is 2.43. The van der Waals surface area contributed by atoms with Crippen molar-refractivity contribution in [3.63, 3.8) is 0 Å². The van der Waals surface area contributed by atoms with Crippen LogP contribution in [0.1, 0.15) is 16.7 Å². The SMILES string of the molecule is C=C/C=C(\C=NC)c1ccc2[nH]c3cc4c(cc3c2c1)CCc1cc2c3cc(-c5cccnc5)ccc3n(-c3ccccn3)c2cc1-4. The summed E-state index contributed by atoms with van der Waals surface area (Å²) in [6.07, 6.45) is 13.3. The van der Waals surface area contributed by atoms with E-state index in [4.69, 9.17) is 4.98 Å². The molecule has 224 valence electrons. The van der Waals surface area contributed by atoms with E-state index < -0.39 is 0 Å². The molecule has 0 amide bonds. The number of pyridine rings is 2. The third-order valence-electron chi connectivity index (χ3n) is 9.54. The van der Waals surface area contributed by atoms with Crippen LogP contribution in [0.2, 0.25) is 0 Å². The molecule has 0 bridgehead atoms. The second kappa shape index (κ2) is 10.8. The number of aliphatic imine (C=N–C) groups is 1. The lowest BCUT2D eigenvalue weighted by Crippen LogP contribution is -2.04. The van der Waals surface area contributed by atoms with Crippen LogP contribution in [0.15, 0.2) is 133 Å². The zero-order valence-corrected chi connectivity index (χ0v) is 26.0. The van der Waals surface area contributed by atoms with Crippen LogP contribution in [-0.2, 0) is 12.8 Å². The molecule has 8 aromatic rings. The summed E-state index contributed by atoms with van der Waals surface area (Å²) >= 11 is 0. The normalized spacial score (nSPS) is 13.2. The minimum Gasteiger partial charge on any atom is -0.354 e. The molecule has 47 heavy (non-hydrogen) atoms. The zero-order chi connectivity index (χ0) is 31.5. The van der Waals surface area contributed by atoms with E-state index in [2.05, 4.69) is 105 Å². The summed E-state index contributed by atoms with van der Waals surface area (Å²) in [5.74, 6) is 0.914. The Balaban J connectivity index is 1.26. The molecule has 0 radical (unpaired) electrons. The lowest BCUT2D eigenvalue weighted by atomic mass is 9.84. The molecule has 5 heteroatoms. The first-order valence-electron chi connectivity index (χ1n) is 16.0. The van der Waals surface area contributed by atoms with Crippen molar-refractivity contribution in [2.24, 2.45) is 4.99 Å². The Hall–Kier alpha value is -6.07. The highest BCUT2D eigenvalue weighted by Gasteiger charge is 2.23. The van der Waals surface area contributed by atoms with Crippen LogP contribution in [0.5, 0.6) is 0 Å². The molecule has 9 rings (SSSR count). The van der Waals surface area contributed by atoms with Crippen LogP contribution in [0.3, 0.4) is 0 Å². The maximum atomic E-state index is 4.80. The molecule has 0 unspecified atom stereocenters. The number of aromatic nitrogens is 4. The first-order valence-corrected chi connectivity index (χ1v) is 16.0. The predicted octanol–water partition coefficient (Wildman–Crippen LogP) is 9.91. The number of aryl methyl sites for hydroxylation is 2. The number of H-pyrrole nitrogens is 1. The lowest BCUT2D eigenvalue weighted by Gasteiger charge is -2.21. The smallest absolute Gasteiger partial charge is 0.137 e. The number of allylic oxidation sites excluding steroid dienone is 3. The third kappa shape index (κ3) is 4.35. The third-order valence-corrected chi connectivity index (χ3v) is 9.54. The quantitative estimate of drug-likeness (QED) is 0.157. The fourth-order valence-corrected chi connectivity index (χ4v) is 7.39. The van der Waals surface area contributed by atoms with Gasteiger partial charge in [0.2, 0.25) is 0 Å². The second-order valence-corrected chi connectivity index (χ2v) is 12.2. The molecular weight excluding hydrogens is 574 g/mol. The Morgan fingerprint density at radius 3 is 2.38 bits per heavy atom. The largest absolute Gasteiger partial charge is 0.354 e. The van der Waals surface area contributed by atoms with E-state index in [0.29, 0.717) is 0 Å². The number of fused-ring (bicyclic) bond motifs is 9. The topological polar surface area (TPSA) is 58.9 Å². The molecule has 4 aromatic heterocycles. The van der Waals surface area contributed by atoms with Gasteiger partial charge in [-0.1, -0.05) is 43.0 Å². The van der Waals surface area contributed by atoms with Crippen molar-refractivity contribution in [3.8, 4) is 28.1 Å². The van der Waals surface area contributed by atoms with E-state index in [1.807, 2.05) is 49.1 Å². The number of nitrogens with zero attached hydrogens (tertiary/aromatic N) is 4. The van der Waals surface area contributed by atoms with Crippen LogP contribution in [0.4, 0.5) is 0 Å². The monoisotopic (exact) mass is 605 g/mol. The summed E-state index contributed by atoms with van der Waals surface area (Å²) < 4.78 is 2.31. The average molecular weight is 606 g/mol. The first kappa shape index (κ1) is 27.3. The van der Waals surface area contributed by atoms with Crippen molar-refractivity contribution < 1.29 is 0 Å². The molecule has 1 aliphatic carbocycles. The Morgan fingerprint density at radius 1 is 0.766 bits per heavy atom. The fourth-order valence-electron chi connectivity index (χ4n) is 7.39. The fraction of sp³-hybridized carbons (Fsp3) is 0.0714. The molecule has 1 aliphatic rings. The van der Waals surface area contributed by atoms with E-state index in [9.17, 15) is 0 Å². The van der Waals surface area contributed by atoms with Crippen LogP contribution < -0.4 is 0 Å². The van der Waals surface area contributed by atoms with Crippen molar-refractivity contribution >= 4 is 55.4 Å². The van der Waals surface area contributed by atoms with Gasteiger partial charge in [-0.05, 0) is 119 Å². The van der Waals surface area contributed by atoms with E-state index in [0.717, 1.165) is 63.0 Å². The summed E-state index contributed by atoms with van der Waals surface area (Å²) in [5, 5.41) is 4.94. The molecule has 0 saturated carbocycles. The van der Waals surface area contributed by atoms with Crippen LogP contribution >= 0.6 is 0 Å². The summed E-state index contributed by atoms with van der Waals surface area (Å²) in [6, 6.07) is 33.1. The van der Waals surface area contributed by atoms with Gasteiger partial charge >= 0.3 is 0 Å². The molecule has 0 saturated heterocycles. The van der Waals surface area contributed by atoms with E-state index in [1.165, 1.54) is 43.8 Å². The van der Waals surface area contributed by atoms with E-state index >= 15 is 0 Å². The number of hydrogen-bond donors (Lipinski definition) is 1. The second-order valence-electron chi connectivity index (χ2n) is 12.2. The van der Waals surface area contributed by atoms with Gasteiger partial charge in [0.25, 0.3) is 0 Å². The Bertz CT molecular complexity index is 2580. The summed E-state index contributed by atoms with van der Waals surface area (Å²) in [4.78, 5) is 17.1. The van der Waals surface area contributed by atoms with Crippen molar-refractivity contribution in [2.45, 2.75) is 12.8 Å². The van der Waals surface area contributed by atoms with Crippen molar-refractivity contribution in [3.05, 3.63) is 145 Å². The van der Waals surface area contributed by atoms with Crippen LogP contribution in [-0.4, -0.2) is 32.8 Å². The molecule has 0 aliphatic heterocycles. The minimum atomic E-state index is 0.914. The highest BCUT2D eigenvalue weighted by molar-refractivity contribution is 6.15. The average Bonchev–Trinajstić information content (AvgIpc) is 3.64. The van der Waals surface area contributed by atoms with Crippen molar-refractivity contribution in [2.75, 3.05) is 7.05 Å². The molecule has 0 spiro atoms. The molecule has 0 atom stereocenters. The Kier molecular flexibility index (Phi) is 6.25. The molecule has 0 fully saturated rings. The van der Waals surface area contributed by atoms with Gasteiger partial charge in [-0.15, -0.1) is 0 Å². The molecular formula is C42H31N5. The van der Waals surface area contributed by atoms with Gasteiger partial charge in [0, 0.05) is 70.0 Å². The highest BCUT2D eigenvalue weighted by atomic mass is 15.1. The number of hydrogen-bond acceptors (Lipinski definition) is 3. The van der Waals surface area contributed by atoms with Crippen molar-refractivity contribution in [1.29, 1.82) is 0 Å².